The summed E-state index contributed by atoms with van der Waals surface area (Å²) in [6.07, 6.45) is 13.7. The molecule has 1 unspecified atom stereocenters. The summed E-state index contributed by atoms with van der Waals surface area (Å²) in [5.41, 5.74) is 1.64. The van der Waals surface area contributed by atoms with Crippen LogP contribution in [0.25, 0.3) is 0 Å². The van der Waals surface area contributed by atoms with Crippen molar-refractivity contribution in [2.45, 2.75) is 70.8 Å². The first-order chi connectivity index (χ1) is 9.85. The van der Waals surface area contributed by atoms with Gasteiger partial charge in [0.05, 0.1) is 0 Å². The lowest BCUT2D eigenvalue weighted by molar-refractivity contribution is 0.477. The molecule has 0 saturated heterocycles. The smallest absolute Gasteiger partial charge is 0.0414 e. The maximum absolute atomic E-state index is 3.80. The van der Waals surface area contributed by atoms with E-state index in [2.05, 4.69) is 36.2 Å². The molecule has 0 fully saturated rings. The van der Waals surface area contributed by atoms with E-state index in [1.807, 2.05) is 6.08 Å². The Bertz CT molecular complexity index is 386. The Morgan fingerprint density at radius 1 is 1.35 bits per heavy atom. The minimum absolute atomic E-state index is 0.592. The molecule has 1 nitrogen and oxygen atoms in total. The Morgan fingerprint density at radius 2 is 2.25 bits per heavy atom. The lowest BCUT2D eigenvalue weighted by atomic mass is 10.0. The number of thiophene rings is 1. The zero-order chi connectivity index (χ0) is 14.2. The second kappa shape index (κ2) is 8.63. The molecule has 20 heavy (non-hydrogen) atoms. The molecule has 0 radical (unpaired) electrons. The van der Waals surface area contributed by atoms with Crippen LogP contribution in [0.1, 0.15) is 73.2 Å². The summed E-state index contributed by atoms with van der Waals surface area (Å²) >= 11 is 2.07. The van der Waals surface area contributed by atoms with Crippen LogP contribution in [0.5, 0.6) is 0 Å². The molecular formula is C18H29NS. The highest BCUT2D eigenvalue weighted by atomic mass is 32.1. The normalized spacial score (nSPS) is 15.2. The third-order valence-electron chi connectivity index (χ3n) is 4.15. The minimum atomic E-state index is 0.592. The van der Waals surface area contributed by atoms with Crippen molar-refractivity contribution in [3.63, 3.8) is 0 Å². The van der Waals surface area contributed by atoms with Gasteiger partial charge in [-0.25, -0.2) is 0 Å². The van der Waals surface area contributed by atoms with Crippen LogP contribution in [0, 0.1) is 0 Å². The average molecular weight is 292 g/mol. The number of unbranched alkanes of at least 4 members (excludes halogenated alkanes) is 3. The molecule has 112 valence electrons. The van der Waals surface area contributed by atoms with Crippen molar-refractivity contribution < 1.29 is 0 Å². The summed E-state index contributed by atoms with van der Waals surface area (Å²) in [5.74, 6) is 0. The van der Waals surface area contributed by atoms with Gasteiger partial charge in [-0.3, -0.25) is 0 Å². The highest BCUT2D eigenvalue weighted by Gasteiger charge is 2.19. The van der Waals surface area contributed by atoms with Crippen molar-refractivity contribution in [3.05, 3.63) is 34.0 Å². The zero-order valence-corrected chi connectivity index (χ0v) is 13.7. The predicted molar refractivity (Wildman–Crippen MR) is 90.7 cm³/mol. The van der Waals surface area contributed by atoms with Crippen LogP contribution in [-0.4, -0.2) is 6.54 Å². The van der Waals surface area contributed by atoms with Gasteiger partial charge in [0.2, 0.25) is 0 Å². The van der Waals surface area contributed by atoms with Crippen LogP contribution < -0.4 is 5.32 Å². The second-order valence-electron chi connectivity index (χ2n) is 5.88. The third kappa shape index (κ3) is 4.46. The third-order valence-corrected chi connectivity index (χ3v) is 5.50. The maximum atomic E-state index is 3.80. The first-order valence-electron chi connectivity index (χ1n) is 8.31. The molecular weight excluding hydrogens is 262 g/mol. The van der Waals surface area contributed by atoms with E-state index in [0.717, 1.165) is 6.54 Å². The van der Waals surface area contributed by atoms with Gasteiger partial charge < -0.3 is 5.32 Å². The van der Waals surface area contributed by atoms with E-state index in [0.29, 0.717) is 6.04 Å². The van der Waals surface area contributed by atoms with Gasteiger partial charge in [0.25, 0.3) is 0 Å². The monoisotopic (exact) mass is 291 g/mol. The molecule has 0 amide bonds. The molecule has 0 aliphatic heterocycles. The fraction of sp³-hybridized carbons (Fsp3) is 0.667. The van der Waals surface area contributed by atoms with Gasteiger partial charge in [0, 0.05) is 15.8 Å². The second-order valence-corrected chi connectivity index (χ2v) is 7.05. The molecule has 1 aliphatic carbocycles. The lowest BCUT2D eigenvalue weighted by Gasteiger charge is -2.17. The van der Waals surface area contributed by atoms with Gasteiger partial charge >= 0.3 is 0 Å². The molecule has 0 spiro atoms. The first kappa shape index (κ1) is 15.8. The van der Waals surface area contributed by atoms with Crippen molar-refractivity contribution in [2.75, 3.05) is 6.54 Å². The number of nitrogens with one attached hydrogen (secondary N) is 1. The van der Waals surface area contributed by atoms with E-state index in [4.69, 9.17) is 0 Å². The van der Waals surface area contributed by atoms with E-state index in [1.165, 1.54) is 57.8 Å². The quantitative estimate of drug-likeness (QED) is 0.448. The number of hydrogen-bond donors (Lipinski definition) is 1. The van der Waals surface area contributed by atoms with Crippen molar-refractivity contribution in [1.29, 1.82) is 0 Å². The topological polar surface area (TPSA) is 12.0 Å². The highest BCUT2D eigenvalue weighted by Crippen LogP contribution is 2.35. The summed E-state index contributed by atoms with van der Waals surface area (Å²) in [6.45, 7) is 7.19. The van der Waals surface area contributed by atoms with Gasteiger partial charge in [-0.15, -0.1) is 17.9 Å². The van der Waals surface area contributed by atoms with Gasteiger partial charge in [0.1, 0.15) is 0 Å². The number of hydrogen-bond acceptors (Lipinski definition) is 2. The molecule has 1 aromatic rings. The summed E-state index contributed by atoms with van der Waals surface area (Å²) in [4.78, 5) is 3.25. The van der Waals surface area contributed by atoms with Crippen LogP contribution in [0.15, 0.2) is 18.7 Å². The molecule has 0 bridgehead atoms. The van der Waals surface area contributed by atoms with Gasteiger partial charge in [-0.05, 0) is 63.1 Å². The first-order valence-corrected chi connectivity index (χ1v) is 9.12. The van der Waals surface area contributed by atoms with E-state index in [9.17, 15) is 0 Å². The Labute approximate surface area is 128 Å². The Hall–Kier alpha value is -0.600. The SMILES string of the molecule is C=CCCCCCC(NCCC)c1cc2c(s1)CCC2. The number of fused-ring (bicyclic) bond motifs is 1. The molecule has 1 heterocycles. The molecule has 1 atom stereocenters. The maximum Gasteiger partial charge on any atom is 0.0414 e. The zero-order valence-electron chi connectivity index (χ0n) is 12.9. The molecule has 0 saturated carbocycles. The standard InChI is InChI=1S/C18H29NS/c1-3-5-6-7-8-11-16(19-13-4-2)18-14-15-10-9-12-17(15)20-18/h3,14,16,19H,1,4-13H2,2H3. The molecule has 2 rings (SSSR count). The van der Waals surface area contributed by atoms with Crippen LogP contribution in [-0.2, 0) is 12.8 Å². The number of aryl methyl sites for hydroxylation is 2. The summed E-state index contributed by atoms with van der Waals surface area (Å²) in [5, 5.41) is 3.76. The summed E-state index contributed by atoms with van der Waals surface area (Å²) in [6, 6.07) is 3.08. The molecule has 1 N–H and O–H groups in total. The fourth-order valence-electron chi connectivity index (χ4n) is 3.00. The Balaban J connectivity index is 1.86. The Kier molecular flexibility index (Phi) is 6.81. The van der Waals surface area contributed by atoms with Gasteiger partial charge in [-0.2, -0.15) is 0 Å². The summed E-state index contributed by atoms with van der Waals surface area (Å²) in [7, 11) is 0. The van der Waals surface area contributed by atoms with Crippen molar-refractivity contribution in [2.24, 2.45) is 0 Å². The van der Waals surface area contributed by atoms with E-state index >= 15 is 0 Å². The molecule has 1 aliphatic rings. The van der Waals surface area contributed by atoms with E-state index in [1.54, 1.807) is 15.3 Å². The molecule has 1 aromatic heterocycles. The molecule has 0 aromatic carbocycles. The number of rotatable bonds is 10. The highest BCUT2D eigenvalue weighted by molar-refractivity contribution is 7.12. The van der Waals surface area contributed by atoms with Gasteiger partial charge in [-0.1, -0.05) is 25.8 Å². The van der Waals surface area contributed by atoms with Crippen LogP contribution in [0.2, 0.25) is 0 Å². The summed E-state index contributed by atoms with van der Waals surface area (Å²) < 4.78 is 0. The molecule has 2 heteroatoms. The van der Waals surface area contributed by atoms with Crippen molar-refractivity contribution in [3.8, 4) is 0 Å². The lowest BCUT2D eigenvalue weighted by Crippen LogP contribution is -2.21. The van der Waals surface area contributed by atoms with E-state index in [-0.39, 0.29) is 0 Å². The van der Waals surface area contributed by atoms with Crippen molar-refractivity contribution >= 4 is 11.3 Å². The number of allylic oxidation sites excluding steroid dienone is 1. The van der Waals surface area contributed by atoms with Crippen LogP contribution in [0.4, 0.5) is 0 Å². The largest absolute Gasteiger partial charge is 0.309 e. The van der Waals surface area contributed by atoms with E-state index < -0.39 is 0 Å². The van der Waals surface area contributed by atoms with Crippen LogP contribution in [0.3, 0.4) is 0 Å². The van der Waals surface area contributed by atoms with Crippen molar-refractivity contribution in [1.82, 2.24) is 5.32 Å². The minimum Gasteiger partial charge on any atom is -0.309 e. The van der Waals surface area contributed by atoms with Gasteiger partial charge in [0.15, 0.2) is 0 Å². The fourth-order valence-corrected chi connectivity index (χ4v) is 4.37. The Morgan fingerprint density at radius 3 is 3.00 bits per heavy atom. The average Bonchev–Trinajstić information content (AvgIpc) is 3.03. The predicted octanol–water partition coefficient (Wildman–Crippen LogP) is 5.41. The van der Waals surface area contributed by atoms with Crippen LogP contribution >= 0.6 is 11.3 Å².